The summed E-state index contributed by atoms with van der Waals surface area (Å²) in [5, 5.41) is 31.2. The van der Waals surface area contributed by atoms with Crippen molar-refractivity contribution in [1.82, 2.24) is 0 Å². The van der Waals surface area contributed by atoms with Crippen molar-refractivity contribution in [2.75, 3.05) is 0 Å². The molecule has 0 bridgehead atoms. The van der Waals surface area contributed by atoms with Gasteiger partial charge in [0.15, 0.2) is 0 Å². The molecule has 4 nitrogen and oxygen atoms in total. The third-order valence-electron chi connectivity index (χ3n) is 4.15. The molecule has 0 saturated heterocycles. The SMILES string of the molecule is CCCCCCCCCCC(O)Cc1ccc(O)c(C=NO)c1. The van der Waals surface area contributed by atoms with Crippen LogP contribution in [0.5, 0.6) is 5.75 Å². The topological polar surface area (TPSA) is 73.0 Å². The van der Waals surface area contributed by atoms with E-state index in [4.69, 9.17) is 5.21 Å². The van der Waals surface area contributed by atoms with Crippen LogP contribution in [-0.2, 0) is 6.42 Å². The third kappa shape index (κ3) is 8.60. The lowest BCUT2D eigenvalue weighted by atomic mass is 10.00. The number of unbranched alkanes of at least 4 members (excludes halogenated alkanes) is 7. The van der Waals surface area contributed by atoms with E-state index in [1.807, 2.05) is 0 Å². The molecule has 1 atom stereocenters. The summed E-state index contributed by atoms with van der Waals surface area (Å²) in [6.45, 7) is 2.23. The molecule has 1 aromatic carbocycles. The zero-order valence-electron chi connectivity index (χ0n) is 14.2. The monoisotopic (exact) mass is 321 g/mol. The van der Waals surface area contributed by atoms with Gasteiger partial charge in [-0.15, -0.1) is 0 Å². The van der Waals surface area contributed by atoms with Crippen LogP contribution in [0.15, 0.2) is 23.4 Å². The Morgan fingerprint density at radius 2 is 1.70 bits per heavy atom. The van der Waals surface area contributed by atoms with Gasteiger partial charge in [-0.2, -0.15) is 0 Å². The lowest BCUT2D eigenvalue weighted by Gasteiger charge is -2.11. The van der Waals surface area contributed by atoms with Gasteiger partial charge in [-0.25, -0.2) is 0 Å². The number of benzene rings is 1. The highest BCUT2D eigenvalue weighted by Crippen LogP contribution is 2.19. The molecule has 1 rings (SSSR count). The molecule has 0 amide bonds. The van der Waals surface area contributed by atoms with Crippen LogP contribution in [0.1, 0.15) is 75.8 Å². The van der Waals surface area contributed by atoms with Crippen molar-refractivity contribution in [3.05, 3.63) is 29.3 Å². The van der Waals surface area contributed by atoms with Crippen molar-refractivity contribution in [3.63, 3.8) is 0 Å². The smallest absolute Gasteiger partial charge is 0.124 e. The zero-order valence-corrected chi connectivity index (χ0v) is 14.2. The number of rotatable bonds is 12. The molecule has 0 spiro atoms. The Hall–Kier alpha value is -1.55. The summed E-state index contributed by atoms with van der Waals surface area (Å²) in [4.78, 5) is 0. The van der Waals surface area contributed by atoms with Gasteiger partial charge in [0.05, 0.1) is 12.3 Å². The van der Waals surface area contributed by atoms with Gasteiger partial charge in [0.1, 0.15) is 5.75 Å². The van der Waals surface area contributed by atoms with E-state index in [9.17, 15) is 10.2 Å². The highest BCUT2D eigenvalue weighted by atomic mass is 16.4. The minimum absolute atomic E-state index is 0.0733. The summed E-state index contributed by atoms with van der Waals surface area (Å²) in [7, 11) is 0. The molecule has 0 aliphatic heterocycles. The third-order valence-corrected chi connectivity index (χ3v) is 4.15. The molecule has 1 aromatic rings. The average Bonchev–Trinajstić information content (AvgIpc) is 2.53. The molecule has 23 heavy (non-hydrogen) atoms. The number of aromatic hydroxyl groups is 1. The van der Waals surface area contributed by atoms with Crippen molar-refractivity contribution in [2.24, 2.45) is 5.16 Å². The van der Waals surface area contributed by atoms with E-state index in [1.165, 1.54) is 51.2 Å². The maximum atomic E-state index is 10.1. The fourth-order valence-electron chi connectivity index (χ4n) is 2.78. The highest BCUT2D eigenvalue weighted by molar-refractivity contribution is 5.83. The first-order chi connectivity index (χ1) is 11.2. The number of nitrogens with zero attached hydrogens (tertiary/aromatic N) is 1. The van der Waals surface area contributed by atoms with Crippen molar-refractivity contribution in [3.8, 4) is 5.75 Å². The Labute approximate surface area is 139 Å². The van der Waals surface area contributed by atoms with Crippen LogP contribution in [-0.4, -0.2) is 27.7 Å². The van der Waals surface area contributed by atoms with E-state index < -0.39 is 0 Å². The Kier molecular flexibility index (Phi) is 10.1. The second kappa shape index (κ2) is 11.9. The summed E-state index contributed by atoms with van der Waals surface area (Å²) in [5.74, 6) is 0.0733. The van der Waals surface area contributed by atoms with Crippen LogP contribution in [0.4, 0.5) is 0 Å². The van der Waals surface area contributed by atoms with Crippen molar-refractivity contribution in [2.45, 2.75) is 77.2 Å². The van der Waals surface area contributed by atoms with Gasteiger partial charge in [0.2, 0.25) is 0 Å². The second-order valence-electron chi connectivity index (χ2n) is 6.26. The van der Waals surface area contributed by atoms with Gasteiger partial charge < -0.3 is 15.4 Å². The molecule has 0 aromatic heterocycles. The first-order valence-corrected chi connectivity index (χ1v) is 8.84. The summed E-state index contributed by atoms with van der Waals surface area (Å²) in [6.07, 6.45) is 12.3. The van der Waals surface area contributed by atoms with Gasteiger partial charge in [-0.1, -0.05) is 69.5 Å². The van der Waals surface area contributed by atoms with E-state index in [-0.39, 0.29) is 11.9 Å². The maximum absolute atomic E-state index is 10.1. The first-order valence-electron chi connectivity index (χ1n) is 8.84. The van der Waals surface area contributed by atoms with Crippen LogP contribution in [0.2, 0.25) is 0 Å². The summed E-state index contributed by atoms with van der Waals surface area (Å²) < 4.78 is 0. The normalized spacial score (nSPS) is 12.8. The second-order valence-corrected chi connectivity index (χ2v) is 6.26. The van der Waals surface area contributed by atoms with Crippen LogP contribution >= 0.6 is 0 Å². The molecule has 0 radical (unpaired) electrons. The first kappa shape index (κ1) is 19.5. The van der Waals surface area contributed by atoms with Gasteiger partial charge in [-0.05, 0) is 30.5 Å². The van der Waals surface area contributed by atoms with Gasteiger partial charge in [0.25, 0.3) is 0 Å². The van der Waals surface area contributed by atoms with Gasteiger partial charge in [0, 0.05) is 5.56 Å². The van der Waals surface area contributed by atoms with Gasteiger partial charge in [-0.3, -0.25) is 0 Å². The van der Waals surface area contributed by atoms with Crippen LogP contribution in [0.25, 0.3) is 0 Å². The van der Waals surface area contributed by atoms with E-state index >= 15 is 0 Å². The van der Waals surface area contributed by atoms with E-state index in [0.29, 0.717) is 12.0 Å². The lowest BCUT2D eigenvalue weighted by molar-refractivity contribution is 0.161. The number of hydrogen-bond acceptors (Lipinski definition) is 4. The largest absolute Gasteiger partial charge is 0.507 e. The molecule has 3 N–H and O–H groups in total. The molecule has 1 unspecified atom stereocenters. The van der Waals surface area contributed by atoms with E-state index in [0.717, 1.165) is 18.4 Å². The van der Waals surface area contributed by atoms with Crippen LogP contribution in [0.3, 0.4) is 0 Å². The van der Waals surface area contributed by atoms with Crippen LogP contribution < -0.4 is 0 Å². The summed E-state index contributed by atoms with van der Waals surface area (Å²) in [5.41, 5.74) is 1.40. The molecule has 0 saturated carbocycles. The van der Waals surface area contributed by atoms with Gasteiger partial charge >= 0.3 is 0 Å². The zero-order chi connectivity index (χ0) is 16.9. The Morgan fingerprint density at radius 1 is 1.04 bits per heavy atom. The molecular weight excluding hydrogens is 290 g/mol. The molecular formula is C19H31NO3. The minimum Gasteiger partial charge on any atom is -0.507 e. The minimum atomic E-state index is -0.362. The number of aliphatic hydroxyl groups is 1. The summed E-state index contributed by atoms with van der Waals surface area (Å²) >= 11 is 0. The Morgan fingerprint density at radius 3 is 2.35 bits per heavy atom. The lowest BCUT2D eigenvalue weighted by Crippen LogP contribution is -2.10. The van der Waals surface area contributed by atoms with Crippen molar-refractivity contribution >= 4 is 6.21 Å². The van der Waals surface area contributed by atoms with E-state index in [2.05, 4.69) is 12.1 Å². The predicted octanol–water partition coefficient (Wildman–Crippen LogP) is 4.63. The Balaban J connectivity index is 2.21. The number of oxime groups is 1. The molecule has 4 heteroatoms. The molecule has 0 aliphatic carbocycles. The van der Waals surface area contributed by atoms with E-state index in [1.54, 1.807) is 18.2 Å². The average molecular weight is 321 g/mol. The molecule has 0 fully saturated rings. The Bertz CT molecular complexity index is 460. The maximum Gasteiger partial charge on any atom is 0.124 e. The molecule has 130 valence electrons. The number of phenols is 1. The number of hydrogen-bond donors (Lipinski definition) is 3. The highest BCUT2D eigenvalue weighted by Gasteiger charge is 2.08. The predicted molar refractivity (Wildman–Crippen MR) is 94.4 cm³/mol. The number of phenolic OH excluding ortho intramolecular Hbond substituents is 1. The molecule has 0 heterocycles. The number of aliphatic hydroxyl groups excluding tert-OH is 1. The molecule has 0 aliphatic rings. The van der Waals surface area contributed by atoms with Crippen molar-refractivity contribution < 1.29 is 15.4 Å². The fraction of sp³-hybridized carbons (Fsp3) is 0.632. The quantitative estimate of drug-likeness (QED) is 0.227. The fourth-order valence-corrected chi connectivity index (χ4v) is 2.78. The standard InChI is InChI=1S/C19H31NO3/c1-2-3-4-5-6-7-8-9-10-18(21)14-16-11-12-19(22)17(13-16)15-20-23/h11-13,15,18,21-23H,2-10,14H2,1H3. The van der Waals surface area contributed by atoms with Crippen LogP contribution in [0, 0.1) is 0 Å². The summed E-state index contributed by atoms with van der Waals surface area (Å²) in [6, 6.07) is 5.10. The van der Waals surface area contributed by atoms with Crippen molar-refractivity contribution in [1.29, 1.82) is 0 Å².